The van der Waals surface area contributed by atoms with Gasteiger partial charge in [0.15, 0.2) is 5.65 Å². The molecule has 0 aliphatic carbocycles. The fraction of sp³-hybridized carbons (Fsp3) is 0.185. The number of aromatic nitrogens is 5. The molecule has 4 heterocycles. The number of ether oxygens (including phenoxy) is 1. The third-order valence-corrected chi connectivity index (χ3v) is 6.35. The van der Waals surface area contributed by atoms with E-state index in [1.54, 1.807) is 4.68 Å². The van der Waals surface area contributed by atoms with Crippen LogP contribution in [-0.2, 0) is 7.05 Å². The topological polar surface area (TPSA) is 98.2 Å². The Bertz CT molecular complexity index is 1500. The Kier molecular flexibility index (Phi) is 5.57. The van der Waals surface area contributed by atoms with Gasteiger partial charge in [0.1, 0.15) is 23.1 Å². The molecule has 0 unspecified atom stereocenters. The van der Waals surface area contributed by atoms with Crippen LogP contribution in [0.1, 0.15) is 0 Å². The van der Waals surface area contributed by atoms with Gasteiger partial charge in [-0.2, -0.15) is 10.1 Å². The van der Waals surface area contributed by atoms with Crippen LogP contribution in [0.25, 0.3) is 22.3 Å². The predicted molar refractivity (Wildman–Crippen MR) is 141 cm³/mol. The average molecular weight is 479 g/mol. The van der Waals surface area contributed by atoms with Crippen molar-refractivity contribution in [1.82, 2.24) is 24.7 Å². The Labute approximate surface area is 208 Å². The van der Waals surface area contributed by atoms with Crippen LogP contribution in [0.3, 0.4) is 0 Å². The molecule has 1 aliphatic heterocycles. The summed E-state index contributed by atoms with van der Waals surface area (Å²) in [4.78, 5) is 18.8. The minimum atomic E-state index is 0.529. The largest absolute Gasteiger partial charge is 0.457 e. The number of rotatable bonds is 5. The van der Waals surface area contributed by atoms with Gasteiger partial charge in [0.25, 0.3) is 0 Å². The summed E-state index contributed by atoms with van der Waals surface area (Å²) < 4.78 is 7.72. The van der Waals surface area contributed by atoms with Crippen molar-refractivity contribution in [3.05, 3.63) is 79.0 Å². The van der Waals surface area contributed by atoms with Crippen LogP contribution in [0.5, 0.6) is 11.5 Å². The lowest BCUT2D eigenvalue weighted by Gasteiger charge is -2.35. The standard InChI is InChI=1S/C27H26N8O/c1-33-25(28)23-24(19-8-7-11-21(18-19)36-20-9-3-2-4-10-20)30-27(31-26(23)32-33)35-16-14-34(15-17-35)22-12-5-6-13-29-22/h2-13,18H,14-17,28H2,1H3. The average Bonchev–Trinajstić information content (AvgIpc) is 3.22. The number of fused-ring (bicyclic) bond motifs is 1. The monoisotopic (exact) mass is 478 g/mol. The second kappa shape index (κ2) is 9.18. The normalized spacial score (nSPS) is 13.8. The van der Waals surface area contributed by atoms with Gasteiger partial charge in [0.05, 0.1) is 11.1 Å². The molecule has 0 spiro atoms. The summed E-state index contributed by atoms with van der Waals surface area (Å²) in [5.41, 5.74) is 8.63. The van der Waals surface area contributed by atoms with Crippen molar-refractivity contribution in [2.45, 2.75) is 0 Å². The summed E-state index contributed by atoms with van der Waals surface area (Å²) in [5.74, 6) is 3.65. The molecule has 0 amide bonds. The smallest absolute Gasteiger partial charge is 0.228 e. The Morgan fingerprint density at radius 3 is 2.33 bits per heavy atom. The lowest BCUT2D eigenvalue weighted by Crippen LogP contribution is -2.47. The fourth-order valence-corrected chi connectivity index (χ4v) is 4.46. The van der Waals surface area contributed by atoms with Crippen LogP contribution in [0.15, 0.2) is 79.0 Å². The number of hydrogen-bond acceptors (Lipinski definition) is 8. The Morgan fingerprint density at radius 1 is 0.806 bits per heavy atom. The van der Waals surface area contributed by atoms with Gasteiger partial charge in [-0.3, -0.25) is 4.68 Å². The summed E-state index contributed by atoms with van der Waals surface area (Å²) in [5, 5.41) is 5.31. The first-order valence-electron chi connectivity index (χ1n) is 11.9. The molecule has 0 atom stereocenters. The molecule has 0 bridgehead atoms. The zero-order valence-electron chi connectivity index (χ0n) is 20.0. The van der Waals surface area contributed by atoms with Crippen LogP contribution >= 0.6 is 0 Å². The minimum absolute atomic E-state index is 0.529. The van der Waals surface area contributed by atoms with Crippen LogP contribution in [0.2, 0.25) is 0 Å². The number of nitrogen functional groups attached to an aromatic ring is 1. The molecule has 6 rings (SSSR count). The van der Waals surface area contributed by atoms with Gasteiger partial charge in [-0.05, 0) is 36.4 Å². The zero-order chi connectivity index (χ0) is 24.5. The molecule has 36 heavy (non-hydrogen) atoms. The van der Waals surface area contributed by atoms with Gasteiger partial charge in [-0.15, -0.1) is 0 Å². The van der Waals surface area contributed by atoms with Crippen molar-refractivity contribution >= 4 is 28.6 Å². The van der Waals surface area contributed by atoms with E-state index in [1.807, 2.05) is 86.0 Å². The van der Waals surface area contributed by atoms with Gasteiger partial charge < -0.3 is 20.3 Å². The number of hydrogen-bond donors (Lipinski definition) is 1. The van der Waals surface area contributed by atoms with E-state index in [0.29, 0.717) is 17.4 Å². The maximum absolute atomic E-state index is 6.41. The quantitative estimate of drug-likeness (QED) is 0.403. The van der Waals surface area contributed by atoms with Crippen molar-refractivity contribution in [3.63, 3.8) is 0 Å². The molecule has 3 aromatic heterocycles. The number of benzene rings is 2. The van der Waals surface area contributed by atoms with Crippen molar-refractivity contribution < 1.29 is 4.74 Å². The Balaban J connectivity index is 1.34. The molecule has 5 aromatic rings. The molecule has 1 aliphatic rings. The summed E-state index contributed by atoms with van der Waals surface area (Å²) >= 11 is 0. The minimum Gasteiger partial charge on any atom is -0.457 e. The lowest BCUT2D eigenvalue weighted by molar-refractivity contribution is 0.483. The molecular formula is C27H26N8O. The van der Waals surface area contributed by atoms with Crippen LogP contribution < -0.4 is 20.3 Å². The molecule has 1 fully saturated rings. The van der Waals surface area contributed by atoms with Gasteiger partial charge in [-0.25, -0.2) is 9.97 Å². The van der Waals surface area contributed by atoms with E-state index in [1.165, 1.54) is 0 Å². The third kappa shape index (κ3) is 4.15. The highest BCUT2D eigenvalue weighted by Gasteiger charge is 2.24. The number of anilines is 3. The van der Waals surface area contributed by atoms with E-state index in [2.05, 4.69) is 19.9 Å². The Hall–Kier alpha value is -4.66. The third-order valence-electron chi connectivity index (χ3n) is 6.35. The first-order chi connectivity index (χ1) is 17.7. The highest BCUT2D eigenvalue weighted by atomic mass is 16.5. The van der Waals surface area contributed by atoms with Crippen LogP contribution in [-0.4, -0.2) is 50.9 Å². The van der Waals surface area contributed by atoms with E-state index in [4.69, 9.17) is 20.4 Å². The number of pyridine rings is 1. The maximum Gasteiger partial charge on any atom is 0.228 e. The highest BCUT2D eigenvalue weighted by molar-refractivity contribution is 5.99. The molecule has 9 heteroatoms. The summed E-state index contributed by atoms with van der Waals surface area (Å²) in [6.07, 6.45) is 1.83. The van der Waals surface area contributed by atoms with Gasteiger partial charge in [-0.1, -0.05) is 36.4 Å². The second-order valence-electron chi connectivity index (χ2n) is 8.68. The van der Waals surface area contributed by atoms with Crippen molar-refractivity contribution in [1.29, 1.82) is 0 Å². The van der Waals surface area contributed by atoms with Crippen LogP contribution in [0.4, 0.5) is 17.6 Å². The van der Waals surface area contributed by atoms with E-state index in [9.17, 15) is 0 Å². The van der Waals surface area contributed by atoms with E-state index >= 15 is 0 Å². The molecule has 0 saturated carbocycles. The van der Waals surface area contributed by atoms with E-state index < -0.39 is 0 Å². The number of para-hydroxylation sites is 1. The first kappa shape index (κ1) is 21.8. The Morgan fingerprint density at radius 2 is 1.56 bits per heavy atom. The fourth-order valence-electron chi connectivity index (χ4n) is 4.46. The van der Waals surface area contributed by atoms with Gasteiger partial charge in [0.2, 0.25) is 5.95 Å². The second-order valence-corrected chi connectivity index (χ2v) is 8.68. The first-order valence-corrected chi connectivity index (χ1v) is 11.9. The van der Waals surface area contributed by atoms with Crippen molar-refractivity contribution in [3.8, 4) is 22.8 Å². The molecule has 0 radical (unpaired) electrons. The molecule has 180 valence electrons. The molecule has 1 saturated heterocycles. The summed E-state index contributed by atoms with van der Waals surface area (Å²) in [6.45, 7) is 3.22. The number of nitrogens with zero attached hydrogens (tertiary/aromatic N) is 7. The van der Waals surface area contributed by atoms with E-state index in [0.717, 1.165) is 60.1 Å². The van der Waals surface area contributed by atoms with Crippen LogP contribution in [0, 0.1) is 0 Å². The molecule has 2 N–H and O–H groups in total. The van der Waals surface area contributed by atoms with Gasteiger partial charge in [0, 0.05) is 45.0 Å². The predicted octanol–water partition coefficient (Wildman–Crippen LogP) is 4.13. The zero-order valence-corrected chi connectivity index (χ0v) is 20.0. The summed E-state index contributed by atoms with van der Waals surface area (Å²) in [7, 11) is 1.82. The molecular weight excluding hydrogens is 452 g/mol. The van der Waals surface area contributed by atoms with Gasteiger partial charge >= 0.3 is 0 Å². The number of aryl methyl sites for hydroxylation is 1. The number of nitrogens with two attached hydrogens (primary N) is 1. The maximum atomic E-state index is 6.41. The molecule has 2 aromatic carbocycles. The summed E-state index contributed by atoms with van der Waals surface area (Å²) in [6, 6.07) is 23.6. The van der Waals surface area contributed by atoms with E-state index in [-0.39, 0.29) is 0 Å². The van der Waals surface area contributed by atoms with Crippen molar-refractivity contribution in [2.75, 3.05) is 41.7 Å². The lowest BCUT2D eigenvalue weighted by atomic mass is 10.1. The SMILES string of the molecule is Cn1nc2nc(N3CCN(c4ccccn4)CC3)nc(-c3cccc(Oc4ccccc4)c3)c2c1N. The highest BCUT2D eigenvalue weighted by Crippen LogP contribution is 2.34. The number of piperazine rings is 1. The van der Waals surface area contributed by atoms with Crippen molar-refractivity contribution in [2.24, 2.45) is 7.05 Å². The molecule has 9 nitrogen and oxygen atoms in total.